The number of nitrogens with zero attached hydrogens (tertiary/aromatic N) is 3. The molecule has 0 saturated heterocycles. The average molecular weight is 283 g/mol. The maximum atomic E-state index is 9.53. The Bertz CT molecular complexity index is 746. The fourth-order valence-corrected chi connectivity index (χ4v) is 1.99. The first-order valence-electron chi connectivity index (χ1n) is 6.29. The van der Waals surface area contributed by atoms with E-state index in [1.54, 1.807) is 42.1 Å². The first-order valence-corrected chi connectivity index (χ1v) is 6.29. The van der Waals surface area contributed by atoms with Gasteiger partial charge in [0.25, 0.3) is 0 Å². The lowest BCUT2D eigenvalue weighted by Crippen LogP contribution is -1.95. The van der Waals surface area contributed by atoms with Crippen molar-refractivity contribution in [1.82, 2.24) is 15.0 Å². The molecule has 21 heavy (non-hydrogen) atoms. The van der Waals surface area contributed by atoms with E-state index in [-0.39, 0.29) is 17.2 Å². The summed E-state index contributed by atoms with van der Waals surface area (Å²) in [5.41, 5.74) is 2.72. The highest BCUT2D eigenvalue weighted by molar-refractivity contribution is 5.62. The van der Waals surface area contributed by atoms with Crippen molar-refractivity contribution in [2.45, 2.75) is 6.92 Å². The monoisotopic (exact) mass is 283 g/mol. The first kappa shape index (κ1) is 13.0. The Morgan fingerprint density at radius 1 is 0.905 bits per heavy atom. The van der Waals surface area contributed by atoms with Crippen molar-refractivity contribution < 1.29 is 15.3 Å². The highest BCUT2D eigenvalue weighted by atomic mass is 16.3. The fraction of sp³-hybridized carbons (Fsp3) is 0.0667. The van der Waals surface area contributed by atoms with Crippen molar-refractivity contribution in [1.29, 1.82) is 0 Å². The second kappa shape index (κ2) is 4.82. The minimum atomic E-state index is -0.206. The van der Waals surface area contributed by atoms with Crippen LogP contribution >= 0.6 is 0 Å². The summed E-state index contributed by atoms with van der Waals surface area (Å²) in [6, 6.07) is 9.58. The molecule has 1 heterocycles. The van der Waals surface area contributed by atoms with Crippen LogP contribution in [0.1, 0.15) is 5.56 Å². The molecule has 0 radical (unpaired) electrons. The number of aromatic hydroxyl groups is 3. The average Bonchev–Trinajstić information content (AvgIpc) is 2.94. The smallest absolute Gasteiger partial charge is 0.158 e. The minimum absolute atomic E-state index is 0.180. The van der Waals surface area contributed by atoms with E-state index >= 15 is 0 Å². The van der Waals surface area contributed by atoms with Crippen LogP contribution in [0.5, 0.6) is 17.2 Å². The molecule has 6 nitrogen and oxygen atoms in total. The maximum absolute atomic E-state index is 9.53. The molecule has 106 valence electrons. The summed E-state index contributed by atoms with van der Waals surface area (Å²) < 4.78 is 1.58. The molecule has 1 aromatic heterocycles. The zero-order valence-corrected chi connectivity index (χ0v) is 11.2. The molecule has 0 aliphatic carbocycles. The molecule has 0 amide bonds. The van der Waals surface area contributed by atoms with Crippen LogP contribution in [0.2, 0.25) is 0 Å². The highest BCUT2D eigenvalue weighted by Gasteiger charge is 2.09. The lowest BCUT2D eigenvalue weighted by atomic mass is 10.1. The van der Waals surface area contributed by atoms with Crippen LogP contribution < -0.4 is 0 Å². The first-order chi connectivity index (χ1) is 10.0. The maximum Gasteiger partial charge on any atom is 0.158 e. The van der Waals surface area contributed by atoms with Crippen LogP contribution in [-0.4, -0.2) is 30.3 Å². The quantitative estimate of drug-likeness (QED) is 0.628. The van der Waals surface area contributed by atoms with Crippen molar-refractivity contribution in [2.75, 3.05) is 0 Å². The van der Waals surface area contributed by atoms with Crippen LogP contribution in [0.3, 0.4) is 0 Å². The van der Waals surface area contributed by atoms with Gasteiger partial charge in [-0.15, -0.1) is 5.10 Å². The van der Waals surface area contributed by atoms with E-state index in [1.165, 1.54) is 12.1 Å². The number of hydrogen-bond donors (Lipinski definition) is 3. The number of hydrogen-bond acceptors (Lipinski definition) is 5. The van der Waals surface area contributed by atoms with Crippen LogP contribution in [0.4, 0.5) is 0 Å². The molecule has 3 N–H and O–H groups in total. The SMILES string of the molecule is Cc1cc(-n2cc(-c3ccc(O)c(O)c3)nn2)ccc1O. The summed E-state index contributed by atoms with van der Waals surface area (Å²) in [7, 11) is 0. The molecule has 0 aliphatic rings. The van der Waals surface area contributed by atoms with Gasteiger partial charge < -0.3 is 15.3 Å². The fourth-order valence-electron chi connectivity index (χ4n) is 1.99. The minimum Gasteiger partial charge on any atom is -0.508 e. The molecular formula is C15H13N3O3. The third-order valence-electron chi connectivity index (χ3n) is 3.21. The van der Waals surface area contributed by atoms with Crippen molar-refractivity contribution >= 4 is 0 Å². The van der Waals surface area contributed by atoms with E-state index in [4.69, 9.17) is 0 Å². The van der Waals surface area contributed by atoms with Crippen molar-refractivity contribution in [3.63, 3.8) is 0 Å². The van der Waals surface area contributed by atoms with E-state index < -0.39 is 0 Å². The Labute approximate surface area is 120 Å². The van der Waals surface area contributed by atoms with E-state index in [0.717, 1.165) is 11.3 Å². The number of benzene rings is 2. The van der Waals surface area contributed by atoms with Gasteiger partial charge in [-0.3, -0.25) is 0 Å². The van der Waals surface area contributed by atoms with Gasteiger partial charge in [0.05, 0.1) is 11.9 Å². The third kappa shape index (κ3) is 2.38. The zero-order chi connectivity index (χ0) is 15.0. The van der Waals surface area contributed by atoms with E-state index in [9.17, 15) is 15.3 Å². The molecule has 0 aliphatic heterocycles. The molecule has 0 fully saturated rings. The molecule has 0 unspecified atom stereocenters. The van der Waals surface area contributed by atoms with Crippen LogP contribution in [0.15, 0.2) is 42.6 Å². The summed E-state index contributed by atoms with van der Waals surface area (Å²) in [6.07, 6.45) is 1.71. The van der Waals surface area contributed by atoms with Crippen LogP contribution in [0, 0.1) is 6.92 Å². The Morgan fingerprint density at radius 3 is 2.38 bits per heavy atom. The number of aryl methyl sites for hydroxylation is 1. The molecular weight excluding hydrogens is 270 g/mol. The van der Waals surface area contributed by atoms with Crippen LogP contribution in [0.25, 0.3) is 16.9 Å². The van der Waals surface area contributed by atoms with Gasteiger partial charge in [-0.2, -0.15) is 0 Å². The van der Waals surface area contributed by atoms with Gasteiger partial charge in [-0.05, 0) is 48.9 Å². The molecule has 0 saturated carbocycles. The van der Waals surface area contributed by atoms with Gasteiger partial charge in [0, 0.05) is 5.56 Å². The topological polar surface area (TPSA) is 91.4 Å². The molecule has 6 heteroatoms. The largest absolute Gasteiger partial charge is 0.508 e. The van der Waals surface area contributed by atoms with Gasteiger partial charge in [-0.25, -0.2) is 4.68 Å². The number of phenolic OH excluding ortho intramolecular Hbond substituents is 3. The molecule has 2 aromatic carbocycles. The van der Waals surface area contributed by atoms with E-state index in [2.05, 4.69) is 10.3 Å². The van der Waals surface area contributed by atoms with Gasteiger partial charge in [0.15, 0.2) is 11.5 Å². The number of aromatic nitrogens is 3. The van der Waals surface area contributed by atoms with Gasteiger partial charge in [0.2, 0.25) is 0 Å². The molecule has 0 bridgehead atoms. The second-order valence-corrected chi connectivity index (χ2v) is 4.72. The summed E-state index contributed by atoms with van der Waals surface area (Å²) in [6.45, 7) is 1.80. The number of phenols is 3. The molecule has 0 atom stereocenters. The lowest BCUT2D eigenvalue weighted by molar-refractivity contribution is 0.404. The number of rotatable bonds is 2. The van der Waals surface area contributed by atoms with Crippen molar-refractivity contribution in [2.24, 2.45) is 0 Å². The van der Waals surface area contributed by atoms with E-state index in [1.807, 2.05) is 0 Å². The highest BCUT2D eigenvalue weighted by Crippen LogP contribution is 2.29. The predicted molar refractivity (Wildman–Crippen MR) is 76.5 cm³/mol. The van der Waals surface area contributed by atoms with E-state index in [0.29, 0.717) is 11.3 Å². The summed E-state index contributed by atoms with van der Waals surface area (Å²) in [5, 5.41) is 36.4. The Kier molecular flexibility index (Phi) is 2.98. The predicted octanol–water partition coefficient (Wildman–Crippen LogP) is 2.36. The lowest BCUT2D eigenvalue weighted by Gasteiger charge is -2.03. The van der Waals surface area contributed by atoms with Gasteiger partial charge >= 0.3 is 0 Å². The normalized spacial score (nSPS) is 10.7. The summed E-state index contributed by atoms with van der Waals surface area (Å²) in [5.74, 6) is -0.162. The second-order valence-electron chi connectivity index (χ2n) is 4.72. The van der Waals surface area contributed by atoms with Crippen molar-refractivity contribution in [3.8, 4) is 34.2 Å². The van der Waals surface area contributed by atoms with Gasteiger partial charge in [-0.1, -0.05) is 5.21 Å². The molecule has 0 spiro atoms. The molecule has 3 rings (SSSR count). The molecule has 3 aromatic rings. The Morgan fingerprint density at radius 2 is 1.67 bits per heavy atom. The Hall–Kier alpha value is -3.02. The Balaban J connectivity index is 1.99. The standard InChI is InChI=1S/C15H13N3O3/c1-9-6-11(3-5-13(9)19)18-8-12(16-17-18)10-2-4-14(20)15(21)7-10/h2-8,19-21H,1H3. The van der Waals surface area contributed by atoms with Gasteiger partial charge in [0.1, 0.15) is 11.4 Å². The van der Waals surface area contributed by atoms with Crippen LogP contribution in [-0.2, 0) is 0 Å². The third-order valence-corrected chi connectivity index (χ3v) is 3.21. The summed E-state index contributed by atoms with van der Waals surface area (Å²) in [4.78, 5) is 0. The summed E-state index contributed by atoms with van der Waals surface area (Å²) >= 11 is 0. The zero-order valence-electron chi connectivity index (χ0n) is 11.2. The van der Waals surface area contributed by atoms with Crippen molar-refractivity contribution in [3.05, 3.63) is 48.2 Å².